The van der Waals surface area contributed by atoms with Crippen LogP contribution in [-0.4, -0.2) is 38.6 Å². The summed E-state index contributed by atoms with van der Waals surface area (Å²) >= 11 is 0. The fraction of sp³-hybridized carbons (Fsp3) is 0.333. The van der Waals surface area contributed by atoms with E-state index in [1.165, 1.54) is 0 Å². The van der Waals surface area contributed by atoms with Crippen molar-refractivity contribution in [1.29, 1.82) is 0 Å². The molecule has 0 bridgehead atoms. The topological polar surface area (TPSA) is 63.9 Å². The number of aliphatic hydroxyl groups excluding tert-OH is 1. The van der Waals surface area contributed by atoms with Crippen molar-refractivity contribution in [1.82, 2.24) is 0 Å². The predicted molar refractivity (Wildman–Crippen MR) is 89.1 cm³/mol. The minimum Gasteiger partial charge on any atom is -0.495 e. The van der Waals surface area contributed by atoms with Crippen LogP contribution in [0.4, 0.5) is 5.69 Å². The van der Waals surface area contributed by atoms with Crippen LogP contribution in [0.1, 0.15) is 0 Å². The average Bonchev–Trinajstić information content (AvgIpc) is 2.91. The molecule has 5 heteroatoms. The second-order valence-corrected chi connectivity index (χ2v) is 6.15. The normalized spacial score (nSPS) is 16.4. The first-order valence-corrected chi connectivity index (χ1v) is 7.66. The third-order valence-electron chi connectivity index (χ3n) is 4.50. The van der Waals surface area contributed by atoms with Gasteiger partial charge in [-0.2, -0.15) is 0 Å². The van der Waals surface area contributed by atoms with Crippen LogP contribution in [-0.2, 0) is 4.74 Å². The fourth-order valence-corrected chi connectivity index (χ4v) is 2.98. The summed E-state index contributed by atoms with van der Waals surface area (Å²) in [7, 11) is 1.66. The molecule has 1 aromatic heterocycles. The number of rotatable bonds is 5. The van der Waals surface area contributed by atoms with Crippen LogP contribution in [0.2, 0.25) is 0 Å². The molecule has 1 fully saturated rings. The van der Waals surface area contributed by atoms with E-state index in [-0.39, 0.29) is 12.0 Å². The first kappa shape index (κ1) is 14.4. The van der Waals surface area contributed by atoms with Gasteiger partial charge in [-0.1, -0.05) is 18.2 Å². The molecule has 0 aliphatic carbocycles. The van der Waals surface area contributed by atoms with E-state index in [2.05, 4.69) is 5.32 Å². The molecule has 0 amide bonds. The molecule has 1 saturated heterocycles. The summed E-state index contributed by atoms with van der Waals surface area (Å²) in [6.07, 6.45) is 0. The standard InChI is InChI=1S/C18H19NO4/c1-21-17-6-13-12-4-2-3-5-15(12)23-16(13)7-14(17)19-8-18(9-20)10-22-11-18/h2-7,19-20H,8-11H2,1H3. The van der Waals surface area contributed by atoms with E-state index in [9.17, 15) is 5.11 Å². The maximum Gasteiger partial charge on any atom is 0.142 e. The number of furan rings is 1. The van der Waals surface area contributed by atoms with E-state index in [0.717, 1.165) is 33.4 Å². The molecule has 0 atom stereocenters. The molecular weight excluding hydrogens is 294 g/mol. The van der Waals surface area contributed by atoms with Crippen molar-refractivity contribution < 1.29 is 19.0 Å². The van der Waals surface area contributed by atoms with Gasteiger partial charge in [0.1, 0.15) is 16.9 Å². The van der Waals surface area contributed by atoms with Crippen LogP contribution >= 0.6 is 0 Å². The van der Waals surface area contributed by atoms with Gasteiger partial charge in [0.15, 0.2) is 0 Å². The molecule has 120 valence electrons. The molecule has 23 heavy (non-hydrogen) atoms. The van der Waals surface area contributed by atoms with Crippen molar-refractivity contribution in [2.24, 2.45) is 5.41 Å². The van der Waals surface area contributed by atoms with E-state index in [1.54, 1.807) is 7.11 Å². The summed E-state index contributed by atoms with van der Waals surface area (Å²) < 4.78 is 16.7. The molecule has 3 aromatic rings. The highest BCUT2D eigenvalue weighted by molar-refractivity contribution is 6.06. The number of ether oxygens (including phenoxy) is 2. The van der Waals surface area contributed by atoms with Crippen LogP contribution in [0.5, 0.6) is 5.75 Å². The minimum atomic E-state index is -0.201. The van der Waals surface area contributed by atoms with Crippen LogP contribution < -0.4 is 10.1 Å². The maximum absolute atomic E-state index is 9.54. The minimum absolute atomic E-state index is 0.106. The number of para-hydroxylation sites is 1. The Bertz CT molecular complexity index is 845. The molecule has 5 nitrogen and oxygen atoms in total. The maximum atomic E-state index is 9.54. The van der Waals surface area contributed by atoms with Crippen LogP contribution in [0, 0.1) is 5.41 Å². The Morgan fingerprint density at radius 3 is 2.70 bits per heavy atom. The zero-order chi connectivity index (χ0) is 15.9. The van der Waals surface area contributed by atoms with Gasteiger partial charge in [0.2, 0.25) is 0 Å². The monoisotopic (exact) mass is 313 g/mol. The van der Waals surface area contributed by atoms with Crippen molar-refractivity contribution >= 4 is 27.6 Å². The lowest BCUT2D eigenvalue weighted by atomic mass is 9.87. The van der Waals surface area contributed by atoms with Gasteiger partial charge in [0, 0.05) is 23.4 Å². The molecule has 4 rings (SSSR count). The molecule has 0 radical (unpaired) electrons. The van der Waals surface area contributed by atoms with Crippen LogP contribution in [0.3, 0.4) is 0 Å². The molecule has 2 N–H and O–H groups in total. The molecule has 0 saturated carbocycles. The lowest BCUT2D eigenvalue weighted by Gasteiger charge is -2.40. The number of anilines is 1. The summed E-state index contributed by atoms with van der Waals surface area (Å²) in [4.78, 5) is 0. The highest BCUT2D eigenvalue weighted by Crippen LogP contribution is 2.37. The third kappa shape index (κ3) is 2.33. The Labute approximate surface area is 133 Å². The Morgan fingerprint density at radius 1 is 1.17 bits per heavy atom. The molecule has 0 spiro atoms. The summed E-state index contributed by atoms with van der Waals surface area (Å²) in [6.45, 7) is 1.89. The molecule has 2 aromatic carbocycles. The Morgan fingerprint density at radius 2 is 2.00 bits per heavy atom. The Kier molecular flexibility index (Phi) is 3.39. The zero-order valence-electron chi connectivity index (χ0n) is 13.0. The summed E-state index contributed by atoms with van der Waals surface area (Å²) in [5.74, 6) is 0.761. The van der Waals surface area contributed by atoms with E-state index in [0.29, 0.717) is 19.8 Å². The third-order valence-corrected chi connectivity index (χ3v) is 4.50. The number of fused-ring (bicyclic) bond motifs is 3. The SMILES string of the molecule is COc1cc2c(cc1NCC1(CO)COC1)oc1ccccc12. The predicted octanol–water partition coefficient (Wildman–Crippen LogP) is 3.02. The van der Waals surface area contributed by atoms with Gasteiger partial charge in [0.05, 0.1) is 38.0 Å². The Hall–Kier alpha value is -2.24. The Balaban J connectivity index is 1.72. The number of aliphatic hydroxyl groups is 1. The number of nitrogens with one attached hydrogen (secondary N) is 1. The lowest BCUT2D eigenvalue weighted by molar-refractivity contribution is -0.128. The van der Waals surface area contributed by atoms with Gasteiger partial charge >= 0.3 is 0 Å². The van der Waals surface area contributed by atoms with Gasteiger partial charge in [-0.05, 0) is 12.1 Å². The first-order valence-electron chi connectivity index (χ1n) is 7.66. The van der Waals surface area contributed by atoms with E-state index >= 15 is 0 Å². The number of benzene rings is 2. The molecule has 2 heterocycles. The van der Waals surface area contributed by atoms with Crippen molar-refractivity contribution in [3.8, 4) is 5.75 Å². The van der Waals surface area contributed by atoms with Crippen LogP contribution in [0.15, 0.2) is 40.8 Å². The highest BCUT2D eigenvalue weighted by Gasteiger charge is 2.38. The van der Waals surface area contributed by atoms with Gasteiger partial charge in [-0.15, -0.1) is 0 Å². The quantitative estimate of drug-likeness (QED) is 0.758. The molecular formula is C18H19NO4. The second kappa shape index (κ2) is 5.44. The largest absolute Gasteiger partial charge is 0.495 e. The zero-order valence-corrected chi connectivity index (χ0v) is 13.0. The van der Waals surface area contributed by atoms with Gasteiger partial charge in [0.25, 0.3) is 0 Å². The second-order valence-electron chi connectivity index (χ2n) is 6.15. The van der Waals surface area contributed by atoms with Crippen molar-refractivity contribution in [2.45, 2.75) is 0 Å². The van der Waals surface area contributed by atoms with Crippen molar-refractivity contribution in [3.63, 3.8) is 0 Å². The summed E-state index contributed by atoms with van der Waals surface area (Å²) in [6, 6.07) is 11.9. The number of hydrogen-bond acceptors (Lipinski definition) is 5. The van der Waals surface area contributed by atoms with Gasteiger partial charge < -0.3 is 24.3 Å². The average molecular weight is 313 g/mol. The van der Waals surface area contributed by atoms with Crippen molar-refractivity contribution in [2.75, 3.05) is 38.8 Å². The number of hydrogen-bond donors (Lipinski definition) is 2. The summed E-state index contributed by atoms with van der Waals surface area (Å²) in [5.41, 5.74) is 2.34. The van der Waals surface area contributed by atoms with Gasteiger partial charge in [-0.25, -0.2) is 0 Å². The van der Waals surface area contributed by atoms with E-state index < -0.39 is 0 Å². The smallest absolute Gasteiger partial charge is 0.142 e. The molecule has 0 unspecified atom stereocenters. The van der Waals surface area contributed by atoms with Crippen molar-refractivity contribution in [3.05, 3.63) is 36.4 Å². The summed E-state index contributed by atoms with van der Waals surface area (Å²) in [5, 5.41) is 15.0. The van der Waals surface area contributed by atoms with E-state index in [4.69, 9.17) is 13.9 Å². The fourth-order valence-electron chi connectivity index (χ4n) is 2.98. The molecule has 1 aliphatic rings. The molecule has 1 aliphatic heterocycles. The lowest BCUT2D eigenvalue weighted by Crippen LogP contribution is -2.50. The first-order chi connectivity index (χ1) is 11.2. The highest BCUT2D eigenvalue weighted by atomic mass is 16.5. The van der Waals surface area contributed by atoms with Gasteiger partial charge in [-0.3, -0.25) is 0 Å². The number of methoxy groups -OCH3 is 1. The van der Waals surface area contributed by atoms with E-state index in [1.807, 2.05) is 36.4 Å². The van der Waals surface area contributed by atoms with Crippen LogP contribution in [0.25, 0.3) is 21.9 Å².